The van der Waals surface area contributed by atoms with Crippen molar-refractivity contribution in [2.45, 2.75) is 45.6 Å². The maximum absolute atomic E-state index is 13.2. The van der Waals surface area contributed by atoms with Crippen molar-refractivity contribution in [1.82, 2.24) is 4.90 Å². The first kappa shape index (κ1) is 10.9. The van der Waals surface area contributed by atoms with Gasteiger partial charge in [0.2, 0.25) is 0 Å². The number of piperidine rings is 1. The van der Waals surface area contributed by atoms with E-state index >= 15 is 0 Å². The Bertz CT molecular complexity index is 184. The van der Waals surface area contributed by atoms with Crippen molar-refractivity contribution < 1.29 is 8.78 Å². The predicted octanol–water partition coefficient (Wildman–Crippen LogP) is 2.76. The summed E-state index contributed by atoms with van der Waals surface area (Å²) < 4.78 is 26.4. The summed E-state index contributed by atoms with van der Waals surface area (Å²) in [4.78, 5) is 1.88. The van der Waals surface area contributed by atoms with Crippen molar-refractivity contribution in [3.05, 3.63) is 0 Å². The molecule has 0 aromatic carbocycles. The minimum Gasteiger partial charge on any atom is -0.292 e. The highest BCUT2D eigenvalue weighted by atomic mass is 19.3. The highest BCUT2D eigenvalue weighted by Crippen LogP contribution is 2.33. The van der Waals surface area contributed by atoms with E-state index in [1.54, 1.807) is 0 Å². The van der Waals surface area contributed by atoms with Crippen LogP contribution >= 0.6 is 0 Å². The van der Waals surface area contributed by atoms with Crippen LogP contribution in [-0.2, 0) is 0 Å². The van der Waals surface area contributed by atoms with E-state index < -0.39 is 5.92 Å². The lowest BCUT2D eigenvalue weighted by Crippen LogP contribution is -2.53. The quantitative estimate of drug-likeness (QED) is 0.569. The van der Waals surface area contributed by atoms with Gasteiger partial charge in [0, 0.05) is 18.5 Å². The Morgan fingerprint density at radius 2 is 1.85 bits per heavy atom. The van der Waals surface area contributed by atoms with Gasteiger partial charge in [-0.05, 0) is 26.7 Å². The molecule has 0 amide bonds. The molecular formula is C10H19F2N. The molecule has 1 saturated heterocycles. The largest absolute Gasteiger partial charge is 0.292 e. The van der Waals surface area contributed by atoms with Crippen molar-refractivity contribution in [1.29, 1.82) is 0 Å². The second-order valence-corrected chi connectivity index (χ2v) is 5.22. The smallest absolute Gasteiger partial charge is 0.260 e. The van der Waals surface area contributed by atoms with Crippen molar-refractivity contribution in [3.63, 3.8) is 0 Å². The summed E-state index contributed by atoms with van der Waals surface area (Å²) in [5, 5.41) is 0. The van der Waals surface area contributed by atoms with Crippen LogP contribution in [0.25, 0.3) is 0 Å². The van der Waals surface area contributed by atoms with Crippen LogP contribution in [0.2, 0.25) is 0 Å². The highest BCUT2D eigenvalue weighted by molar-refractivity contribution is 4.88. The Hall–Kier alpha value is -0.180. The number of nitrogens with zero attached hydrogens (tertiary/aromatic N) is 1. The van der Waals surface area contributed by atoms with Gasteiger partial charge in [-0.1, -0.05) is 6.92 Å². The van der Waals surface area contributed by atoms with Crippen molar-refractivity contribution in [2.24, 2.45) is 5.92 Å². The normalized spacial score (nSPS) is 30.5. The Morgan fingerprint density at radius 3 is 2.23 bits per heavy atom. The summed E-state index contributed by atoms with van der Waals surface area (Å²) in [6.45, 7) is 8.56. The average Bonchev–Trinajstić information content (AvgIpc) is 1.79. The number of rotatable bonds is 0. The van der Waals surface area contributed by atoms with Crippen molar-refractivity contribution in [3.8, 4) is 0 Å². The molecule has 1 aliphatic heterocycles. The van der Waals surface area contributed by atoms with E-state index in [0.717, 1.165) is 6.54 Å². The molecule has 0 aliphatic carbocycles. The van der Waals surface area contributed by atoms with Crippen LogP contribution < -0.4 is 0 Å². The Balaban J connectivity index is 2.69. The van der Waals surface area contributed by atoms with E-state index in [4.69, 9.17) is 0 Å². The van der Waals surface area contributed by atoms with Gasteiger partial charge in [0.25, 0.3) is 5.92 Å². The minimum atomic E-state index is -2.50. The molecule has 3 heteroatoms. The zero-order valence-electron chi connectivity index (χ0n) is 8.90. The molecule has 1 fully saturated rings. The van der Waals surface area contributed by atoms with Crippen LogP contribution in [0.1, 0.15) is 34.1 Å². The van der Waals surface area contributed by atoms with Crippen LogP contribution in [0, 0.1) is 5.92 Å². The van der Waals surface area contributed by atoms with Crippen LogP contribution in [0.3, 0.4) is 0 Å². The summed E-state index contributed by atoms with van der Waals surface area (Å²) >= 11 is 0. The van der Waals surface area contributed by atoms with Gasteiger partial charge in [0.05, 0.1) is 6.54 Å². The van der Waals surface area contributed by atoms with Crippen molar-refractivity contribution >= 4 is 0 Å². The fourth-order valence-electron chi connectivity index (χ4n) is 1.87. The molecule has 0 N–H and O–H groups in total. The summed E-state index contributed by atoms with van der Waals surface area (Å²) in [5.41, 5.74) is -0.141. The molecule has 0 spiro atoms. The van der Waals surface area contributed by atoms with E-state index in [2.05, 4.69) is 0 Å². The molecule has 1 rings (SSSR count). The van der Waals surface area contributed by atoms with Gasteiger partial charge in [-0.2, -0.15) is 0 Å². The molecule has 0 aromatic heterocycles. The van der Waals surface area contributed by atoms with Crippen LogP contribution in [0.15, 0.2) is 0 Å². The van der Waals surface area contributed by atoms with Crippen LogP contribution in [0.5, 0.6) is 0 Å². The lowest BCUT2D eigenvalue weighted by atomic mass is 9.92. The minimum absolute atomic E-state index is 0.0413. The Morgan fingerprint density at radius 1 is 1.31 bits per heavy atom. The third-order valence-electron chi connectivity index (χ3n) is 2.55. The standard InChI is InChI=1S/C10H19F2N/c1-8-5-10(11,12)7-13(6-8)9(2,3)4/h8H,5-7H2,1-4H3. The van der Waals surface area contributed by atoms with Crippen molar-refractivity contribution in [2.75, 3.05) is 13.1 Å². The van der Waals surface area contributed by atoms with E-state index in [1.165, 1.54) is 0 Å². The molecular weight excluding hydrogens is 172 g/mol. The third kappa shape index (κ3) is 2.90. The maximum atomic E-state index is 13.2. The first-order valence-corrected chi connectivity index (χ1v) is 4.83. The number of hydrogen-bond acceptors (Lipinski definition) is 1. The first-order chi connectivity index (χ1) is 5.71. The zero-order valence-corrected chi connectivity index (χ0v) is 8.90. The summed E-state index contributed by atoms with van der Waals surface area (Å²) in [5.74, 6) is -2.40. The second-order valence-electron chi connectivity index (χ2n) is 5.22. The maximum Gasteiger partial charge on any atom is 0.260 e. The topological polar surface area (TPSA) is 3.24 Å². The zero-order chi connectivity index (χ0) is 10.3. The molecule has 1 nitrogen and oxygen atoms in total. The third-order valence-corrected chi connectivity index (χ3v) is 2.55. The number of likely N-dealkylation sites (tertiary alicyclic amines) is 1. The van der Waals surface area contributed by atoms with Gasteiger partial charge in [0.15, 0.2) is 0 Å². The summed E-state index contributed by atoms with van der Waals surface area (Å²) in [6, 6.07) is 0. The first-order valence-electron chi connectivity index (χ1n) is 4.83. The molecule has 1 unspecified atom stereocenters. The molecule has 0 bridgehead atoms. The summed E-state index contributed by atoms with van der Waals surface area (Å²) in [7, 11) is 0. The van der Waals surface area contributed by atoms with Crippen LogP contribution in [0.4, 0.5) is 8.78 Å². The van der Waals surface area contributed by atoms with Gasteiger partial charge < -0.3 is 0 Å². The molecule has 13 heavy (non-hydrogen) atoms. The van der Waals surface area contributed by atoms with Crippen LogP contribution in [-0.4, -0.2) is 29.5 Å². The molecule has 1 atom stereocenters. The average molecular weight is 191 g/mol. The van der Waals surface area contributed by atoms with E-state index in [-0.39, 0.29) is 24.4 Å². The fraction of sp³-hybridized carbons (Fsp3) is 1.00. The monoisotopic (exact) mass is 191 g/mol. The lowest BCUT2D eigenvalue weighted by Gasteiger charge is -2.43. The van der Waals surface area contributed by atoms with E-state index in [1.807, 2.05) is 32.6 Å². The number of hydrogen-bond donors (Lipinski definition) is 0. The second kappa shape index (κ2) is 3.19. The van der Waals surface area contributed by atoms with E-state index in [9.17, 15) is 8.78 Å². The van der Waals surface area contributed by atoms with Gasteiger partial charge in [-0.3, -0.25) is 4.90 Å². The Kier molecular flexibility index (Phi) is 2.68. The number of halogens is 2. The molecule has 78 valence electrons. The van der Waals surface area contributed by atoms with Gasteiger partial charge in [0.1, 0.15) is 0 Å². The molecule has 0 radical (unpaired) electrons. The molecule has 0 saturated carbocycles. The van der Waals surface area contributed by atoms with Gasteiger partial charge in [-0.15, -0.1) is 0 Å². The predicted molar refractivity (Wildman–Crippen MR) is 50.1 cm³/mol. The molecule has 1 heterocycles. The van der Waals surface area contributed by atoms with E-state index in [0.29, 0.717) is 0 Å². The molecule has 1 aliphatic rings. The SMILES string of the molecule is CC1CN(C(C)(C)C)CC(F)(F)C1. The molecule has 0 aromatic rings. The Labute approximate surface area is 79.1 Å². The van der Waals surface area contributed by atoms with Gasteiger partial charge >= 0.3 is 0 Å². The number of alkyl halides is 2. The summed E-state index contributed by atoms with van der Waals surface area (Å²) in [6.07, 6.45) is 0.0413. The highest BCUT2D eigenvalue weighted by Gasteiger charge is 2.41. The lowest BCUT2D eigenvalue weighted by molar-refractivity contribution is -0.103. The fourth-order valence-corrected chi connectivity index (χ4v) is 1.87. The van der Waals surface area contributed by atoms with Gasteiger partial charge in [-0.25, -0.2) is 8.78 Å².